The van der Waals surface area contributed by atoms with Crippen LogP contribution in [0.25, 0.3) is 0 Å². The Hall–Kier alpha value is -1.59. The van der Waals surface area contributed by atoms with Crippen LogP contribution < -0.4 is 4.90 Å². The van der Waals surface area contributed by atoms with Gasteiger partial charge in [0.2, 0.25) is 0 Å². The molecule has 0 radical (unpaired) electrons. The number of anilines is 1. The Morgan fingerprint density at radius 2 is 1.96 bits per heavy atom. The molecule has 1 N–H and O–H groups in total. The quantitative estimate of drug-likeness (QED) is 0.857. The predicted molar refractivity (Wildman–Crippen MR) is 101 cm³/mol. The monoisotopic (exact) mass is 345 g/mol. The Bertz CT molecular complexity index is 575. The van der Waals surface area contributed by atoms with Crippen LogP contribution in [0.2, 0.25) is 0 Å². The summed E-state index contributed by atoms with van der Waals surface area (Å²) in [6.07, 6.45) is 3.65. The van der Waals surface area contributed by atoms with Crippen molar-refractivity contribution in [3.8, 4) is 0 Å². The summed E-state index contributed by atoms with van der Waals surface area (Å²) in [5.74, 6) is 0.774. The van der Waals surface area contributed by atoms with Gasteiger partial charge in [0, 0.05) is 50.5 Å². The third-order valence-electron chi connectivity index (χ3n) is 5.62. The number of likely N-dealkylation sites (N-methyl/N-ethyl adjacent to an activating group) is 1. The zero-order chi connectivity index (χ0) is 17.8. The molecule has 2 bridgehead atoms. The van der Waals surface area contributed by atoms with Crippen LogP contribution >= 0.6 is 0 Å². The molecule has 3 fully saturated rings. The number of piperidine rings is 1. The number of benzene rings is 1. The minimum atomic E-state index is 0.127. The molecule has 25 heavy (non-hydrogen) atoms. The molecule has 3 heterocycles. The lowest BCUT2D eigenvalue weighted by atomic mass is 9.95. The van der Waals surface area contributed by atoms with Gasteiger partial charge in [0.15, 0.2) is 0 Å². The number of hydrogen-bond donors (Lipinski definition) is 1. The van der Waals surface area contributed by atoms with E-state index in [-0.39, 0.29) is 12.5 Å². The third kappa shape index (κ3) is 4.15. The molecule has 0 unspecified atom stereocenters. The molecule has 0 aromatic heterocycles. The fourth-order valence-corrected chi connectivity index (χ4v) is 4.23. The number of aliphatic hydroxyl groups excluding tert-OH is 1. The molecular formula is C20H31N3O2. The molecule has 3 saturated heterocycles. The van der Waals surface area contributed by atoms with Gasteiger partial charge in [-0.05, 0) is 56.0 Å². The summed E-state index contributed by atoms with van der Waals surface area (Å²) in [4.78, 5) is 19.7. The number of amides is 1. The van der Waals surface area contributed by atoms with Crippen molar-refractivity contribution in [2.75, 3.05) is 51.3 Å². The maximum atomic E-state index is 13.0. The zero-order valence-corrected chi connectivity index (χ0v) is 15.5. The maximum Gasteiger partial charge on any atom is 0.253 e. The van der Waals surface area contributed by atoms with Crippen LogP contribution in [0.5, 0.6) is 0 Å². The highest BCUT2D eigenvalue weighted by molar-refractivity contribution is 5.94. The summed E-state index contributed by atoms with van der Waals surface area (Å²) in [6.45, 7) is 7.00. The molecule has 2 atom stereocenters. The Morgan fingerprint density at radius 3 is 2.64 bits per heavy atom. The lowest BCUT2D eigenvalue weighted by Crippen LogP contribution is -2.44. The number of hydrogen-bond acceptors (Lipinski definition) is 4. The van der Waals surface area contributed by atoms with E-state index in [9.17, 15) is 4.79 Å². The average Bonchev–Trinajstić information content (AvgIpc) is 2.93. The van der Waals surface area contributed by atoms with Gasteiger partial charge in [-0.3, -0.25) is 9.69 Å². The summed E-state index contributed by atoms with van der Waals surface area (Å²) in [6, 6.07) is 8.31. The first-order valence-corrected chi connectivity index (χ1v) is 9.57. The van der Waals surface area contributed by atoms with Gasteiger partial charge < -0.3 is 14.9 Å². The third-order valence-corrected chi connectivity index (χ3v) is 5.62. The van der Waals surface area contributed by atoms with E-state index in [2.05, 4.69) is 16.7 Å². The first-order valence-electron chi connectivity index (χ1n) is 9.57. The van der Waals surface area contributed by atoms with E-state index in [0.717, 1.165) is 37.4 Å². The van der Waals surface area contributed by atoms with Crippen LogP contribution in [0.1, 0.15) is 36.5 Å². The predicted octanol–water partition coefficient (Wildman–Crippen LogP) is 2.06. The minimum Gasteiger partial charge on any atom is -0.395 e. The maximum absolute atomic E-state index is 13.0. The Morgan fingerprint density at radius 1 is 1.20 bits per heavy atom. The van der Waals surface area contributed by atoms with Crippen molar-refractivity contribution in [1.29, 1.82) is 0 Å². The summed E-state index contributed by atoms with van der Waals surface area (Å²) in [5.41, 5.74) is 1.79. The molecule has 138 valence electrons. The molecular weight excluding hydrogens is 314 g/mol. The molecule has 5 heteroatoms. The Kier molecular flexibility index (Phi) is 5.97. The normalized spacial score (nSPS) is 23.6. The van der Waals surface area contributed by atoms with Crippen molar-refractivity contribution in [3.05, 3.63) is 29.8 Å². The van der Waals surface area contributed by atoms with Crippen LogP contribution in [0.4, 0.5) is 5.69 Å². The number of aliphatic hydroxyl groups is 1. The van der Waals surface area contributed by atoms with Crippen LogP contribution in [0.15, 0.2) is 24.3 Å². The van der Waals surface area contributed by atoms with Crippen LogP contribution in [-0.4, -0.2) is 73.2 Å². The first-order chi connectivity index (χ1) is 12.1. The molecule has 1 aromatic rings. The first kappa shape index (κ1) is 18.2. The van der Waals surface area contributed by atoms with E-state index >= 15 is 0 Å². The van der Waals surface area contributed by atoms with Crippen molar-refractivity contribution in [2.24, 2.45) is 5.92 Å². The van der Waals surface area contributed by atoms with Crippen molar-refractivity contribution in [3.63, 3.8) is 0 Å². The molecule has 0 spiro atoms. The summed E-state index contributed by atoms with van der Waals surface area (Å²) < 4.78 is 0. The number of carbonyl (C=O) groups excluding carboxylic acids is 1. The standard InChI is InChI=1S/C20H31N3O2/c1-3-10-22-13-16-4-7-19(22)15-23(14-16)20(25)17-5-8-18(9-6-17)21(2)11-12-24/h5-6,8-9,16,19,24H,3-4,7,10-15H2,1-2H3/t16-,19-/m0/s1. The minimum absolute atomic E-state index is 0.127. The van der Waals surface area contributed by atoms with Crippen molar-refractivity contribution < 1.29 is 9.90 Å². The highest BCUT2D eigenvalue weighted by Crippen LogP contribution is 2.29. The Labute approximate surface area is 151 Å². The van der Waals surface area contributed by atoms with Crippen molar-refractivity contribution >= 4 is 11.6 Å². The van der Waals surface area contributed by atoms with Crippen LogP contribution in [0.3, 0.4) is 0 Å². The second-order valence-electron chi connectivity index (χ2n) is 7.49. The van der Waals surface area contributed by atoms with E-state index in [4.69, 9.17) is 5.11 Å². The molecule has 0 aliphatic carbocycles. The molecule has 3 aliphatic heterocycles. The molecule has 3 aliphatic rings. The van der Waals surface area contributed by atoms with Gasteiger partial charge in [-0.2, -0.15) is 0 Å². The molecule has 4 rings (SSSR count). The van der Waals surface area contributed by atoms with Gasteiger partial charge in [0.25, 0.3) is 5.91 Å². The smallest absolute Gasteiger partial charge is 0.253 e. The lowest BCUT2D eigenvalue weighted by molar-refractivity contribution is 0.0738. The van der Waals surface area contributed by atoms with Gasteiger partial charge in [-0.15, -0.1) is 0 Å². The highest BCUT2D eigenvalue weighted by Gasteiger charge is 2.36. The van der Waals surface area contributed by atoms with Crippen LogP contribution in [-0.2, 0) is 0 Å². The van der Waals surface area contributed by atoms with E-state index < -0.39 is 0 Å². The fourth-order valence-electron chi connectivity index (χ4n) is 4.23. The number of fused-ring (bicyclic) bond motifs is 4. The van der Waals surface area contributed by atoms with Crippen LogP contribution in [0, 0.1) is 5.92 Å². The van der Waals surface area contributed by atoms with Crippen molar-refractivity contribution in [2.45, 2.75) is 32.2 Å². The van der Waals surface area contributed by atoms with E-state index in [1.165, 1.54) is 19.3 Å². The summed E-state index contributed by atoms with van der Waals surface area (Å²) >= 11 is 0. The number of carbonyl (C=O) groups is 1. The van der Waals surface area contributed by atoms with E-state index in [1.807, 2.05) is 36.2 Å². The number of rotatable bonds is 6. The SMILES string of the molecule is CCCN1C[C@@H]2CC[C@H]1CN(C(=O)c1ccc(N(C)CCO)cc1)C2. The van der Waals surface area contributed by atoms with E-state index in [1.54, 1.807) is 0 Å². The molecule has 1 amide bonds. The van der Waals surface area contributed by atoms with Gasteiger partial charge in [-0.25, -0.2) is 0 Å². The average molecular weight is 345 g/mol. The fraction of sp³-hybridized carbons (Fsp3) is 0.650. The van der Waals surface area contributed by atoms with Crippen molar-refractivity contribution in [1.82, 2.24) is 9.80 Å². The van der Waals surface area contributed by atoms with Gasteiger partial charge in [-0.1, -0.05) is 6.92 Å². The molecule has 0 saturated carbocycles. The Balaban J connectivity index is 1.68. The van der Waals surface area contributed by atoms with Gasteiger partial charge in [0.1, 0.15) is 0 Å². The second kappa shape index (κ2) is 8.19. The largest absolute Gasteiger partial charge is 0.395 e. The van der Waals surface area contributed by atoms with E-state index in [0.29, 0.717) is 18.5 Å². The summed E-state index contributed by atoms with van der Waals surface area (Å²) in [7, 11) is 1.95. The van der Waals surface area contributed by atoms with Gasteiger partial charge in [0.05, 0.1) is 6.61 Å². The second-order valence-corrected chi connectivity index (χ2v) is 7.49. The molecule has 5 nitrogen and oxygen atoms in total. The molecule has 1 aromatic carbocycles. The lowest BCUT2D eigenvalue weighted by Gasteiger charge is -2.35. The van der Waals surface area contributed by atoms with Gasteiger partial charge >= 0.3 is 0 Å². The summed E-state index contributed by atoms with van der Waals surface area (Å²) in [5, 5.41) is 9.05. The highest BCUT2D eigenvalue weighted by atomic mass is 16.3. The number of nitrogens with zero attached hydrogens (tertiary/aromatic N) is 3. The zero-order valence-electron chi connectivity index (χ0n) is 15.5. The topological polar surface area (TPSA) is 47.0 Å².